The van der Waals surface area contributed by atoms with Crippen LogP contribution in [0.2, 0.25) is 0 Å². The van der Waals surface area contributed by atoms with E-state index in [0.717, 1.165) is 16.9 Å². The summed E-state index contributed by atoms with van der Waals surface area (Å²) in [5, 5.41) is 1.71. The Bertz CT molecular complexity index is 1000. The Balaban J connectivity index is 2.01. The predicted molar refractivity (Wildman–Crippen MR) is 114 cm³/mol. The number of sulfonamides is 1. The number of hydrogen-bond donors (Lipinski definition) is 1. The minimum atomic E-state index is -3.79. The number of thiophene rings is 1. The Morgan fingerprint density at radius 3 is 2.24 bits per heavy atom. The maximum Gasteiger partial charge on any atom is 0.311 e. The summed E-state index contributed by atoms with van der Waals surface area (Å²) in [6.07, 6.45) is 0.353. The Morgan fingerprint density at radius 1 is 1.00 bits per heavy atom. The normalized spacial score (nSPS) is 13.6. The lowest BCUT2D eigenvalue weighted by molar-refractivity contribution is -0.149. The Kier molecular flexibility index (Phi) is 7.19. The van der Waals surface area contributed by atoms with E-state index in [0.29, 0.717) is 12.0 Å². The third kappa shape index (κ3) is 5.53. The van der Waals surface area contributed by atoms with Gasteiger partial charge in [0.05, 0.1) is 18.6 Å². The number of nitrogens with one attached hydrogen (secondary N) is 1. The van der Waals surface area contributed by atoms with Crippen LogP contribution in [-0.4, -0.2) is 21.0 Å². The molecular formula is C22H23NO4S2. The molecule has 3 aromatic rings. The van der Waals surface area contributed by atoms with Crippen molar-refractivity contribution in [1.82, 2.24) is 4.72 Å². The number of esters is 1. The highest BCUT2D eigenvalue weighted by molar-refractivity contribution is 7.91. The molecule has 0 spiro atoms. The van der Waals surface area contributed by atoms with Crippen molar-refractivity contribution >= 4 is 27.3 Å². The molecule has 2 atom stereocenters. The van der Waals surface area contributed by atoms with E-state index in [2.05, 4.69) is 4.72 Å². The first-order valence-electron chi connectivity index (χ1n) is 9.32. The van der Waals surface area contributed by atoms with Gasteiger partial charge in [-0.25, -0.2) is 13.1 Å². The van der Waals surface area contributed by atoms with E-state index in [1.807, 2.05) is 60.7 Å². The van der Waals surface area contributed by atoms with Gasteiger partial charge in [-0.05, 0) is 35.9 Å². The lowest BCUT2D eigenvalue weighted by atomic mass is 9.88. The zero-order chi connectivity index (χ0) is 20.7. The fraction of sp³-hybridized carbons (Fsp3) is 0.227. The smallest absolute Gasteiger partial charge is 0.311 e. The number of benzene rings is 2. The molecule has 3 rings (SSSR count). The Hall–Kier alpha value is -2.48. The summed E-state index contributed by atoms with van der Waals surface area (Å²) in [5.74, 6) is -1.14. The Labute approximate surface area is 175 Å². The van der Waals surface area contributed by atoms with Gasteiger partial charge in [-0.1, -0.05) is 66.7 Å². The van der Waals surface area contributed by atoms with E-state index < -0.39 is 28.0 Å². The molecule has 2 unspecified atom stereocenters. The van der Waals surface area contributed by atoms with Crippen molar-refractivity contribution in [3.05, 3.63) is 89.3 Å². The molecule has 2 aromatic carbocycles. The van der Waals surface area contributed by atoms with E-state index >= 15 is 0 Å². The third-order valence-corrected chi connectivity index (χ3v) is 7.33. The number of ether oxygens (including phenoxy) is 1. The van der Waals surface area contributed by atoms with Crippen LogP contribution >= 0.6 is 11.3 Å². The zero-order valence-corrected chi connectivity index (χ0v) is 17.7. The number of carbonyl (C=O) groups is 1. The molecule has 5 nitrogen and oxygen atoms in total. The number of rotatable bonds is 9. The first kappa shape index (κ1) is 21.2. The van der Waals surface area contributed by atoms with Crippen LogP contribution < -0.4 is 4.72 Å². The maximum atomic E-state index is 13.0. The highest BCUT2D eigenvalue weighted by Crippen LogP contribution is 2.29. The summed E-state index contributed by atoms with van der Waals surface area (Å²) in [5.41, 5.74) is 1.64. The number of hydrogen-bond acceptors (Lipinski definition) is 5. The van der Waals surface area contributed by atoms with E-state index in [1.54, 1.807) is 24.4 Å². The summed E-state index contributed by atoms with van der Waals surface area (Å²) in [7, 11) is -3.79. The molecule has 1 heterocycles. The molecule has 1 N–H and O–H groups in total. The molecule has 0 aliphatic rings. The average Bonchev–Trinajstić information content (AvgIpc) is 3.28. The van der Waals surface area contributed by atoms with Gasteiger partial charge in [-0.15, -0.1) is 11.3 Å². The van der Waals surface area contributed by atoms with Crippen LogP contribution in [0.5, 0.6) is 0 Å². The monoisotopic (exact) mass is 429 g/mol. The molecule has 0 amide bonds. The van der Waals surface area contributed by atoms with Crippen molar-refractivity contribution in [2.24, 2.45) is 5.92 Å². The molecule has 0 aliphatic carbocycles. The summed E-state index contributed by atoms with van der Waals surface area (Å²) in [4.78, 5) is 12.9. The highest BCUT2D eigenvalue weighted by Gasteiger charge is 2.34. The van der Waals surface area contributed by atoms with Gasteiger partial charge in [0.25, 0.3) is 10.0 Å². The van der Waals surface area contributed by atoms with E-state index in [1.165, 1.54) is 0 Å². The molecule has 0 saturated carbocycles. The van der Waals surface area contributed by atoms with Gasteiger partial charge in [0.2, 0.25) is 0 Å². The van der Waals surface area contributed by atoms with Crippen LogP contribution in [0, 0.1) is 5.92 Å². The maximum absolute atomic E-state index is 13.0. The standard InChI is InChI=1S/C22H23NO4S2/c1-2-27-22(24)19(16-17-10-5-3-6-11-17)21(18-12-7-4-8-13-18)23-29(25,26)20-14-9-15-28-20/h3-15,19,21,23H,2,16H2,1H3. The van der Waals surface area contributed by atoms with E-state index in [-0.39, 0.29) is 10.8 Å². The predicted octanol–water partition coefficient (Wildman–Crippen LogP) is 4.19. The minimum Gasteiger partial charge on any atom is -0.466 e. The van der Waals surface area contributed by atoms with Crippen LogP contribution in [0.1, 0.15) is 24.1 Å². The van der Waals surface area contributed by atoms with Crippen LogP contribution in [0.25, 0.3) is 0 Å². The topological polar surface area (TPSA) is 72.5 Å². The SMILES string of the molecule is CCOC(=O)C(Cc1ccccc1)C(NS(=O)(=O)c1cccs1)c1ccccc1. The fourth-order valence-corrected chi connectivity index (χ4v) is 5.41. The highest BCUT2D eigenvalue weighted by atomic mass is 32.2. The van der Waals surface area contributed by atoms with Gasteiger partial charge in [-0.3, -0.25) is 4.79 Å². The third-order valence-electron chi connectivity index (χ3n) is 4.49. The van der Waals surface area contributed by atoms with Crippen molar-refractivity contribution in [3.8, 4) is 0 Å². The van der Waals surface area contributed by atoms with Crippen LogP contribution in [-0.2, 0) is 26.0 Å². The molecule has 0 bridgehead atoms. The molecule has 29 heavy (non-hydrogen) atoms. The zero-order valence-electron chi connectivity index (χ0n) is 16.0. The summed E-state index contributed by atoms with van der Waals surface area (Å²) < 4.78 is 34.2. The number of carbonyl (C=O) groups excluding carboxylic acids is 1. The molecule has 7 heteroatoms. The Morgan fingerprint density at radius 2 is 1.66 bits per heavy atom. The molecule has 0 aliphatic heterocycles. The first-order chi connectivity index (χ1) is 14.0. The van der Waals surface area contributed by atoms with Gasteiger partial charge in [-0.2, -0.15) is 0 Å². The van der Waals surface area contributed by atoms with Crippen molar-refractivity contribution in [2.75, 3.05) is 6.61 Å². The minimum absolute atomic E-state index is 0.209. The van der Waals surface area contributed by atoms with Gasteiger partial charge in [0.15, 0.2) is 0 Å². The molecule has 152 valence electrons. The van der Waals surface area contributed by atoms with Crippen molar-refractivity contribution < 1.29 is 17.9 Å². The van der Waals surface area contributed by atoms with Gasteiger partial charge >= 0.3 is 5.97 Å². The summed E-state index contributed by atoms with van der Waals surface area (Å²) in [6.45, 7) is 1.97. The first-order valence-corrected chi connectivity index (χ1v) is 11.7. The van der Waals surface area contributed by atoms with E-state index in [9.17, 15) is 13.2 Å². The average molecular weight is 430 g/mol. The van der Waals surface area contributed by atoms with Crippen LogP contribution in [0.15, 0.2) is 82.4 Å². The molecule has 0 saturated heterocycles. The fourth-order valence-electron chi connectivity index (χ4n) is 3.14. The molecular weight excluding hydrogens is 406 g/mol. The molecule has 0 radical (unpaired) electrons. The van der Waals surface area contributed by atoms with Gasteiger partial charge < -0.3 is 4.74 Å². The molecule has 0 fully saturated rings. The second-order valence-corrected chi connectivity index (χ2v) is 9.38. The second-order valence-electron chi connectivity index (χ2n) is 6.49. The largest absolute Gasteiger partial charge is 0.466 e. The molecule has 1 aromatic heterocycles. The van der Waals surface area contributed by atoms with Crippen molar-refractivity contribution in [3.63, 3.8) is 0 Å². The van der Waals surface area contributed by atoms with E-state index in [4.69, 9.17) is 4.74 Å². The lowest BCUT2D eigenvalue weighted by Gasteiger charge is -2.27. The quantitative estimate of drug-likeness (QED) is 0.518. The van der Waals surface area contributed by atoms with Crippen molar-refractivity contribution in [1.29, 1.82) is 0 Å². The second kappa shape index (κ2) is 9.82. The van der Waals surface area contributed by atoms with Crippen LogP contribution in [0.4, 0.5) is 0 Å². The van der Waals surface area contributed by atoms with Gasteiger partial charge in [0.1, 0.15) is 4.21 Å². The summed E-state index contributed by atoms with van der Waals surface area (Å²) >= 11 is 1.13. The van der Waals surface area contributed by atoms with Crippen LogP contribution in [0.3, 0.4) is 0 Å². The van der Waals surface area contributed by atoms with Gasteiger partial charge in [0, 0.05) is 0 Å². The van der Waals surface area contributed by atoms with Crippen molar-refractivity contribution in [2.45, 2.75) is 23.6 Å². The lowest BCUT2D eigenvalue weighted by Crippen LogP contribution is -2.38. The summed E-state index contributed by atoms with van der Waals surface area (Å²) in [6, 6.07) is 21.1.